The van der Waals surface area contributed by atoms with Crippen LogP contribution in [0.15, 0.2) is 0 Å². The molecule has 0 atom stereocenters. The Bertz CT molecular complexity index is 280. The van der Waals surface area contributed by atoms with Crippen LogP contribution in [-0.4, -0.2) is 34.5 Å². The van der Waals surface area contributed by atoms with Crippen LogP contribution < -0.4 is 29.6 Å². The second-order valence-electron chi connectivity index (χ2n) is 6.57. The van der Waals surface area contributed by atoms with Gasteiger partial charge in [0.2, 0.25) is 0 Å². The van der Waals surface area contributed by atoms with Crippen LogP contribution >= 0.6 is 8.58 Å². The van der Waals surface area contributed by atoms with Gasteiger partial charge in [-0.05, 0) is 25.2 Å². The Hall–Kier alpha value is 0.370. The van der Waals surface area contributed by atoms with Gasteiger partial charge in [-0.25, -0.2) is 0 Å². The summed E-state index contributed by atoms with van der Waals surface area (Å²) in [5, 5.41) is 15.8. The SMILES string of the molecule is CCCCCCCCPCCCCCCCC.O=C(O)CCC(=O)O.[H-].[Na+]. The van der Waals surface area contributed by atoms with E-state index in [1.807, 2.05) is 0 Å². The first kappa shape index (κ1) is 31.1. The standard InChI is InChI=1S/C16H35P.C4H6O4.Na.H/c1-3-5-7-9-11-13-15-17-16-14-12-10-8-6-4-2;5-3(6)1-2-4(7)8;;/h17H,3-16H2,1-2H3;1-2H2,(H,5,6)(H,7,8);;/q;;+1;-1. The van der Waals surface area contributed by atoms with Gasteiger partial charge < -0.3 is 11.6 Å². The van der Waals surface area contributed by atoms with Crippen molar-refractivity contribution < 1.29 is 50.8 Å². The van der Waals surface area contributed by atoms with Gasteiger partial charge in [0.15, 0.2) is 0 Å². The molecule has 0 saturated carbocycles. The van der Waals surface area contributed by atoms with Crippen LogP contribution in [0, 0.1) is 0 Å². The van der Waals surface area contributed by atoms with Crippen molar-refractivity contribution in [3.05, 3.63) is 0 Å². The van der Waals surface area contributed by atoms with Crippen LogP contribution in [0.4, 0.5) is 0 Å². The van der Waals surface area contributed by atoms with Crippen molar-refractivity contribution in [2.24, 2.45) is 0 Å². The maximum atomic E-state index is 9.64. The second kappa shape index (κ2) is 27.6. The molecule has 152 valence electrons. The van der Waals surface area contributed by atoms with E-state index in [1.165, 1.54) is 98.0 Å². The van der Waals surface area contributed by atoms with Crippen molar-refractivity contribution in [2.45, 2.75) is 104 Å². The van der Waals surface area contributed by atoms with Crippen LogP contribution in [0.25, 0.3) is 0 Å². The van der Waals surface area contributed by atoms with E-state index in [1.54, 1.807) is 0 Å². The molecule has 0 spiro atoms. The molecule has 0 aromatic heterocycles. The minimum atomic E-state index is -1.08. The maximum absolute atomic E-state index is 9.64. The third-order valence-corrected chi connectivity index (χ3v) is 5.38. The number of carboxylic acid groups (broad SMARTS) is 2. The molecule has 0 aliphatic carbocycles. The van der Waals surface area contributed by atoms with E-state index >= 15 is 0 Å². The maximum Gasteiger partial charge on any atom is 1.00 e. The normalized spacial score (nSPS) is 9.77. The van der Waals surface area contributed by atoms with Crippen molar-refractivity contribution in [3.63, 3.8) is 0 Å². The van der Waals surface area contributed by atoms with Crippen molar-refractivity contribution in [2.75, 3.05) is 12.3 Å². The zero-order chi connectivity index (χ0) is 19.2. The fourth-order valence-corrected chi connectivity index (χ4v) is 3.65. The van der Waals surface area contributed by atoms with E-state index in [9.17, 15) is 9.59 Å². The van der Waals surface area contributed by atoms with Gasteiger partial charge in [0.05, 0.1) is 12.8 Å². The molecule has 0 heterocycles. The summed E-state index contributed by atoms with van der Waals surface area (Å²) >= 11 is 0. The van der Waals surface area contributed by atoms with Crippen LogP contribution in [0.3, 0.4) is 0 Å². The van der Waals surface area contributed by atoms with Gasteiger partial charge in [0.1, 0.15) is 0 Å². The molecule has 6 heteroatoms. The minimum Gasteiger partial charge on any atom is -1.00 e. The van der Waals surface area contributed by atoms with Gasteiger partial charge in [-0.1, -0.05) is 78.1 Å². The van der Waals surface area contributed by atoms with Crippen molar-refractivity contribution in [1.82, 2.24) is 0 Å². The Balaban J connectivity index is -0.000000226. The summed E-state index contributed by atoms with van der Waals surface area (Å²) < 4.78 is 0. The Kier molecular flexibility index (Phi) is 33.0. The molecule has 0 saturated heterocycles. The molecule has 4 nitrogen and oxygen atoms in total. The van der Waals surface area contributed by atoms with Gasteiger partial charge in [0, 0.05) is 0 Å². The van der Waals surface area contributed by atoms with E-state index in [0.717, 1.165) is 0 Å². The third kappa shape index (κ3) is 35.5. The molecule has 0 aromatic carbocycles. The predicted molar refractivity (Wildman–Crippen MR) is 110 cm³/mol. The average molecular weight is 401 g/mol. The third-order valence-electron chi connectivity index (χ3n) is 3.97. The van der Waals surface area contributed by atoms with E-state index in [4.69, 9.17) is 10.2 Å². The first-order chi connectivity index (χ1) is 12.0. The summed E-state index contributed by atoms with van der Waals surface area (Å²) in [6.45, 7) is 4.59. The zero-order valence-corrected chi connectivity index (χ0v) is 20.5. The van der Waals surface area contributed by atoms with Crippen LogP contribution in [0.2, 0.25) is 0 Å². The fourth-order valence-electron chi connectivity index (χ4n) is 2.40. The average Bonchev–Trinajstić information content (AvgIpc) is 2.58. The number of aliphatic carboxylic acids is 2. The number of unbranched alkanes of at least 4 members (excludes halogenated alkanes) is 10. The number of hydrogen-bond acceptors (Lipinski definition) is 2. The fraction of sp³-hybridized carbons (Fsp3) is 0.900. The van der Waals surface area contributed by atoms with Crippen LogP contribution in [-0.2, 0) is 9.59 Å². The quantitative estimate of drug-likeness (QED) is 0.223. The molecule has 0 aliphatic rings. The number of carboxylic acids is 2. The van der Waals surface area contributed by atoms with E-state index < -0.39 is 11.9 Å². The smallest absolute Gasteiger partial charge is 1.00 e. The molecule has 0 amide bonds. The molecular formula is C20H42NaO4P. The molecule has 0 radical (unpaired) electrons. The van der Waals surface area contributed by atoms with Crippen molar-refractivity contribution >= 4 is 20.5 Å². The Morgan fingerprint density at radius 2 is 0.962 bits per heavy atom. The molecule has 0 aromatic rings. The molecule has 0 bridgehead atoms. The largest absolute Gasteiger partial charge is 1.00 e. The van der Waals surface area contributed by atoms with Crippen molar-refractivity contribution in [3.8, 4) is 0 Å². The summed E-state index contributed by atoms with van der Waals surface area (Å²) in [6, 6.07) is 0. The van der Waals surface area contributed by atoms with Gasteiger partial charge in [-0.3, -0.25) is 9.59 Å². The topological polar surface area (TPSA) is 74.6 Å². The summed E-state index contributed by atoms with van der Waals surface area (Å²) in [6.07, 6.45) is 20.0. The monoisotopic (exact) mass is 400 g/mol. The molecular weight excluding hydrogens is 358 g/mol. The van der Waals surface area contributed by atoms with Gasteiger partial charge in [-0.2, -0.15) is 0 Å². The molecule has 0 fully saturated rings. The van der Waals surface area contributed by atoms with E-state index in [2.05, 4.69) is 13.8 Å². The second-order valence-corrected chi connectivity index (χ2v) is 8.07. The zero-order valence-electron chi connectivity index (χ0n) is 18.5. The molecule has 2 N–H and O–H groups in total. The van der Waals surface area contributed by atoms with Gasteiger partial charge >= 0.3 is 41.5 Å². The summed E-state index contributed by atoms with van der Waals surface area (Å²) in [5.74, 6) is -2.15. The van der Waals surface area contributed by atoms with Crippen LogP contribution in [0.1, 0.15) is 105 Å². The van der Waals surface area contributed by atoms with Gasteiger partial charge in [-0.15, -0.1) is 8.58 Å². The summed E-state index contributed by atoms with van der Waals surface area (Å²) in [4.78, 5) is 19.3. The summed E-state index contributed by atoms with van der Waals surface area (Å²) in [7, 11) is 1.26. The Labute approximate surface area is 186 Å². The Morgan fingerprint density at radius 1 is 0.654 bits per heavy atom. The molecule has 26 heavy (non-hydrogen) atoms. The predicted octanol–water partition coefficient (Wildman–Crippen LogP) is 3.44. The number of hydrogen-bond donors (Lipinski definition) is 2. The molecule has 0 aliphatic heterocycles. The number of rotatable bonds is 17. The first-order valence-corrected chi connectivity index (χ1v) is 11.6. The molecule has 0 rings (SSSR count). The van der Waals surface area contributed by atoms with Crippen LogP contribution in [0.5, 0.6) is 0 Å². The molecule has 0 unspecified atom stereocenters. The van der Waals surface area contributed by atoms with Crippen molar-refractivity contribution in [1.29, 1.82) is 0 Å². The first-order valence-electron chi connectivity index (χ1n) is 10.2. The van der Waals surface area contributed by atoms with E-state index in [-0.39, 0.29) is 43.8 Å². The Morgan fingerprint density at radius 3 is 1.27 bits per heavy atom. The van der Waals surface area contributed by atoms with E-state index in [0.29, 0.717) is 0 Å². The minimum absolute atomic E-state index is 0. The number of carbonyl (C=O) groups is 2. The van der Waals surface area contributed by atoms with Gasteiger partial charge in [0.25, 0.3) is 0 Å². The summed E-state index contributed by atoms with van der Waals surface area (Å²) in [5.41, 5.74) is 0.